The van der Waals surface area contributed by atoms with Crippen molar-refractivity contribution in [3.05, 3.63) is 41.7 Å². The van der Waals surface area contributed by atoms with Crippen LogP contribution in [0.3, 0.4) is 0 Å². The largest absolute Gasteiger partial charge is 0.419 e. The number of nitrogens with zero attached hydrogens (tertiary/aromatic N) is 3. The van der Waals surface area contributed by atoms with Crippen LogP contribution in [0.2, 0.25) is 0 Å². The molecule has 1 aliphatic carbocycles. The molecule has 2 aromatic rings. The zero-order valence-electron chi connectivity index (χ0n) is 22.0. The molecule has 0 radical (unpaired) electrons. The van der Waals surface area contributed by atoms with Gasteiger partial charge in [-0.25, -0.2) is 9.97 Å². The number of likely N-dealkylation sites (tertiary alicyclic amines) is 1. The van der Waals surface area contributed by atoms with Crippen LogP contribution >= 0.6 is 0 Å². The second kappa shape index (κ2) is 12.2. The Labute approximate surface area is 221 Å². The number of halogens is 3. The maximum Gasteiger partial charge on any atom is 0.419 e. The fraction of sp³-hybridized carbons (Fsp3) is 0.571. The standard InChI is InChI=1S/C28H36F3N5O2/c1-18(2)14-25(37)22-11-6-19(22)15-24-23(28(29,30)31)16-32-27(35-24)34-21-9-7-20(8-10-21)33-26(38)17-36-12-4-3-5-13-36/h7-10,16,18-19,22H,3-6,11-15,17H2,1-2H3,(H,33,38)(H,32,34,35)/t19-,22-/m0/s1. The first kappa shape index (κ1) is 28.0. The first-order chi connectivity index (χ1) is 18.1. The zero-order valence-corrected chi connectivity index (χ0v) is 22.0. The van der Waals surface area contributed by atoms with Crippen LogP contribution in [0.1, 0.15) is 63.6 Å². The molecule has 2 heterocycles. The van der Waals surface area contributed by atoms with Crippen molar-refractivity contribution in [1.29, 1.82) is 0 Å². The molecule has 0 unspecified atom stereocenters. The molecule has 2 atom stereocenters. The summed E-state index contributed by atoms with van der Waals surface area (Å²) in [6, 6.07) is 6.87. The van der Waals surface area contributed by atoms with Crippen molar-refractivity contribution < 1.29 is 22.8 Å². The number of anilines is 3. The van der Waals surface area contributed by atoms with Gasteiger partial charge in [-0.3, -0.25) is 14.5 Å². The molecule has 1 amide bonds. The molecule has 1 saturated carbocycles. The number of Topliss-reactive ketones (excluding diaryl/α,β-unsaturated/α-hetero) is 1. The molecule has 0 bridgehead atoms. The third-order valence-corrected chi connectivity index (χ3v) is 7.31. The first-order valence-electron chi connectivity index (χ1n) is 13.4. The maximum atomic E-state index is 13.7. The summed E-state index contributed by atoms with van der Waals surface area (Å²) in [5.41, 5.74) is 0.257. The molecule has 1 aromatic carbocycles. The minimum atomic E-state index is -4.58. The van der Waals surface area contributed by atoms with Gasteiger partial charge in [0.25, 0.3) is 0 Å². The molecule has 2 fully saturated rings. The number of hydrogen-bond donors (Lipinski definition) is 2. The van der Waals surface area contributed by atoms with Gasteiger partial charge >= 0.3 is 6.18 Å². The van der Waals surface area contributed by atoms with Gasteiger partial charge in [0.15, 0.2) is 0 Å². The number of amides is 1. The molecule has 206 valence electrons. The minimum Gasteiger partial charge on any atom is -0.325 e. The van der Waals surface area contributed by atoms with Crippen LogP contribution < -0.4 is 10.6 Å². The van der Waals surface area contributed by atoms with E-state index in [0.717, 1.165) is 32.1 Å². The van der Waals surface area contributed by atoms with Crippen LogP contribution in [-0.4, -0.2) is 46.2 Å². The van der Waals surface area contributed by atoms with Gasteiger partial charge in [0.1, 0.15) is 5.78 Å². The molecule has 4 rings (SSSR count). The lowest BCUT2D eigenvalue weighted by atomic mass is 9.68. The highest BCUT2D eigenvalue weighted by atomic mass is 19.4. The van der Waals surface area contributed by atoms with E-state index in [1.54, 1.807) is 24.3 Å². The highest BCUT2D eigenvalue weighted by Crippen LogP contribution is 2.41. The monoisotopic (exact) mass is 531 g/mol. The average Bonchev–Trinajstić information content (AvgIpc) is 2.82. The van der Waals surface area contributed by atoms with Gasteiger partial charge in [-0.2, -0.15) is 13.2 Å². The van der Waals surface area contributed by atoms with Crippen LogP contribution in [0.5, 0.6) is 0 Å². The summed E-state index contributed by atoms with van der Waals surface area (Å²) in [7, 11) is 0. The molecule has 1 aromatic heterocycles. The lowest BCUT2D eigenvalue weighted by Gasteiger charge is -2.36. The summed E-state index contributed by atoms with van der Waals surface area (Å²) in [6.07, 6.45) is 1.61. The van der Waals surface area contributed by atoms with Crippen LogP contribution in [0.15, 0.2) is 30.5 Å². The van der Waals surface area contributed by atoms with E-state index in [0.29, 0.717) is 37.2 Å². The fourth-order valence-corrected chi connectivity index (χ4v) is 5.20. The third kappa shape index (κ3) is 7.52. The summed E-state index contributed by atoms with van der Waals surface area (Å²) in [4.78, 5) is 35.1. The Bertz CT molecular complexity index is 1110. The number of carbonyl (C=O) groups is 2. The Morgan fingerprint density at radius 1 is 1.05 bits per heavy atom. The van der Waals surface area contributed by atoms with E-state index in [9.17, 15) is 22.8 Å². The molecule has 1 aliphatic heterocycles. The van der Waals surface area contributed by atoms with E-state index in [4.69, 9.17) is 0 Å². The van der Waals surface area contributed by atoms with Crippen LogP contribution in [0.25, 0.3) is 0 Å². The van der Waals surface area contributed by atoms with Crippen molar-refractivity contribution in [2.24, 2.45) is 17.8 Å². The van der Waals surface area contributed by atoms with Gasteiger partial charge < -0.3 is 10.6 Å². The van der Waals surface area contributed by atoms with Crippen molar-refractivity contribution in [2.45, 2.75) is 65.0 Å². The lowest BCUT2D eigenvalue weighted by molar-refractivity contribution is -0.139. The Morgan fingerprint density at radius 2 is 1.74 bits per heavy atom. The number of nitrogens with one attached hydrogen (secondary N) is 2. The van der Waals surface area contributed by atoms with Gasteiger partial charge in [-0.05, 0) is 81.3 Å². The summed E-state index contributed by atoms with van der Waals surface area (Å²) < 4.78 is 41.1. The van der Waals surface area contributed by atoms with Crippen molar-refractivity contribution in [1.82, 2.24) is 14.9 Å². The number of piperidine rings is 1. The molecule has 2 N–H and O–H groups in total. The van der Waals surface area contributed by atoms with Crippen molar-refractivity contribution in [3.8, 4) is 0 Å². The number of aromatic nitrogens is 2. The Balaban J connectivity index is 1.40. The first-order valence-corrected chi connectivity index (χ1v) is 13.4. The smallest absolute Gasteiger partial charge is 0.325 e. The topological polar surface area (TPSA) is 87.2 Å². The molecule has 0 spiro atoms. The van der Waals surface area contributed by atoms with Gasteiger partial charge in [0.2, 0.25) is 11.9 Å². The Hall–Kier alpha value is -3.01. The number of carbonyl (C=O) groups excluding carboxylic acids is 2. The van der Waals surface area contributed by atoms with E-state index in [1.807, 2.05) is 13.8 Å². The van der Waals surface area contributed by atoms with E-state index in [-0.39, 0.29) is 47.5 Å². The van der Waals surface area contributed by atoms with E-state index >= 15 is 0 Å². The van der Waals surface area contributed by atoms with Crippen LogP contribution in [0.4, 0.5) is 30.5 Å². The number of hydrogen-bond acceptors (Lipinski definition) is 6. The number of benzene rings is 1. The van der Waals surface area contributed by atoms with Crippen molar-refractivity contribution in [3.63, 3.8) is 0 Å². The Morgan fingerprint density at radius 3 is 2.34 bits per heavy atom. The fourth-order valence-electron chi connectivity index (χ4n) is 5.20. The van der Waals surface area contributed by atoms with Gasteiger partial charge in [-0.15, -0.1) is 0 Å². The molecular formula is C28H36F3N5O2. The molecule has 1 saturated heterocycles. The quantitative estimate of drug-likeness (QED) is 0.400. The summed E-state index contributed by atoms with van der Waals surface area (Å²) in [5, 5.41) is 5.84. The predicted octanol–water partition coefficient (Wildman–Crippen LogP) is 5.85. The highest BCUT2D eigenvalue weighted by molar-refractivity contribution is 5.92. The van der Waals surface area contributed by atoms with Crippen molar-refractivity contribution in [2.75, 3.05) is 30.3 Å². The van der Waals surface area contributed by atoms with Crippen LogP contribution in [-0.2, 0) is 22.2 Å². The number of rotatable bonds is 10. The number of alkyl halides is 3. The Kier molecular flexibility index (Phi) is 9.02. The van der Waals surface area contributed by atoms with E-state index in [2.05, 4.69) is 25.5 Å². The summed E-state index contributed by atoms with van der Waals surface area (Å²) >= 11 is 0. The third-order valence-electron chi connectivity index (χ3n) is 7.31. The molecule has 7 nitrogen and oxygen atoms in total. The lowest BCUT2D eigenvalue weighted by Crippen LogP contribution is -2.36. The predicted molar refractivity (Wildman–Crippen MR) is 140 cm³/mol. The second-order valence-electron chi connectivity index (χ2n) is 10.9. The summed E-state index contributed by atoms with van der Waals surface area (Å²) in [5.74, 6) is -0.0248. The van der Waals surface area contributed by atoms with Gasteiger partial charge in [-0.1, -0.05) is 20.3 Å². The average molecular weight is 532 g/mol. The van der Waals surface area contributed by atoms with E-state index in [1.165, 1.54) is 6.42 Å². The maximum absolute atomic E-state index is 13.7. The van der Waals surface area contributed by atoms with Gasteiger partial charge in [0, 0.05) is 29.9 Å². The number of ketones is 1. The zero-order chi connectivity index (χ0) is 27.3. The molecule has 10 heteroatoms. The van der Waals surface area contributed by atoms with Gasteiger partial charge in [0.05, 0.1) is 17.8 Å². The van der Waals surface area contributed by atoms with E-state index < -0.39 is 11.7 Å². The molecule has 2 aliphatic rings. The second-order valence-corrected chi connectivity index (χ2v) is 10.9. The minimum absolute atomic E-state index is 0.0549. The van der Waals surface area contributed by atoms with Crippen LogP contribution in [0, 0.1) is 17.8 Å². The highest BCUT2D eigenvalue weighted by Gasteiger charge is 2.40. The SMILES string of the molecule is CC(C)CC(=O)[C@H]1CC[C@H]1Cc1nc(Nc2ccc(NC(=O)CN3CCCCC3)cc2)ncc1C(F)(F)F. The normalized spacial score (nSPS) is 20.2. The molecular weight excluding hydrogens is 495 g/mol. The molecule has 38 heavy (non-hydrogen) atoms. The summed E-state index contributed by atoms with van der Waals surface area (Å²) in [6.45, 7) is 6.15. The van der Waals surface area contributed by atoms with Crippen molar-refractivity contribution >= 4 is 29.0 Å².